The molecule has 1 atom stereocenters. The van der Waals surface area contributed by atoms with E-state index in [9.17, 15) is 0 Å². The molecule has 0 bridgehead atoms. The van der Waals surface area contributed by atoms with Crippen molar-refractivity contribution in [3.8, 4) is 11.8 Å². The molecule has 1 unspecified atom stereocenters. The Balaban J connectivity index is 2.12. The average Bonchev–Trinajstić information content (AvgIpc) is 2.37. The van der Waals surface area contributed by atoms with E-state index in [1.807, 2.05) is 6.92 Å². The van der Waals surface area contributed by atoms with Gasteiger partial charge < -0.3 is 5.32 Å². The third-order valence-electron chi connectivity index (χ3n) is 3.94. The van der Waals surface area contributed by atoms with Gasteiger partial charge in [0.2, 0.25) is 0 Å². The highest BCUT2D eigenvalue weighted by atomic mass is 14.9. The zero-order valence-corrected chi connectivity index (χ0v) is 11.7. The molecule has 0 fully saturated rings. The van der Waals surface area contributed by atoms with Gasteiger partial charge in [-0.3, -0.25) is 0 Å². The van der Waals surface area contributed by atoms with Gasteiger partial charge in [-0.1, -0.05) is 38.1 Å². The molecule has 1 heteroatoms. The van der Waals surface area contributed by atoms with E-state index in [4.69, 9.17) is 0 Å². The minimum atomic E-state index is 0.317. The highest BCUT2D eigenvalue weighted by Gasteiger charge is 2.31. The number of hydrogen-bond acceptors (Lipinski definition) is 1. The monoisotopic (exact) mass is 241 g/mol. The standard InChI is InChI=1S/C17H23N/c1-4-5-8-13-18-16-11-12-17(2,3)15-10-7-6-9-14(15)16/h6-7,9-10,16,18H,8,11-13H2,1-3H3. The molecule has 1 aliphatic rings. The van der Waals surface area contributed by atoms with Crippen LogP contribution in [0.4, 0.5) is 0 Å². The molecule has 1 aromatic rings. The van der Waals surface area contributed by atoms with Crippen LogP contribution in [0.3, 0.4) is 0 Å². The third kappa shape index (κ3) is 2.76. The van der Waals surface area contributed by atoms with Crippen molar-refractivity contribution in [1.29, 1.82) is 0 Å². The van der Waals surface area contributed by atoms with Gasteiger partial charge in [0.1, 0.15) is 0 Å². The summed E-state index contributed by atoms with van der Waals surface area (Å²) in [6.07, 6.45) is 3.42. The smallest absolute Gasteiger partial charge is 0.0323 e. The van der Waals surface area contributed by atoms with Gasteiger partial charge >= 0.3 is 0 Å². The molecular weight excluding hydrogens is 218 g/mol. The molecule has 18 heavy (non-hydrogen) atoms. The summed E-state index contributed by atoms with van der Waals surface area (Å²) in [5.41, 5.74) is 3.31. The second-order valence-electron chi connectivity index (χ2n) is 5.69. The van der Waals surface area contributed by atoms with Crippen molar-refractivity contribution < 1.29 is 0 Å². The molecule has 0 heterocycles. The summed E-state index contributed by atoms with van der Waals surface area (Å²) in [4.78, 5) is 0. The van der Waals surface area contributed by atoms with Gasteiger partial charge in [-0.25, -0.2) is 0 Å². The van der Waals surface area contributed by atoms with Crippen molar-refractivity contribution in [2.24, 2.45) is 0 Å². The van der Waals surface area contributed by atoms with Crippen molar-refractivity contribution in [1.82, 2.24) is 5.32 Å². The molecule has 0 amide bonds. The second kappa shape index (κ2) is 5.59. The lowest BCUT2D eigenvalue weighted by Crippen LogP contribution is -2.33. The molecule has 0 aromatic heterocycles. The summed E-state index contributed by atoms with van der Waals surface area (Å²) < 4.78 is 0. The fourth-order valence-corrected chi connectivity index (χ4v) is 2.86. The van der Waals surface area contributed by atoms with E-state index in [2.05, 4.69) is 55.3 Å². The topological polar surface area (TPSA) is 12.0 Å². The number of rotatable bonds is 3. The fourth-order valence-electron chi connectivity index (χ4n) is 2.86. The third-order valence-corrected chi connectivity index (χ3v) is 3.94. The summed E-state index contributed by atoms with van der Waals surface area (Å²) >= 11 is 0. The maximum atomic E-state index is 3.65. The number of fused-ring (bicyclic) bond motifs is 1. The normalized spacial score (nSPS) is 20.7. The Morgan fingerprint density at radius 1 is 1.33 bits per heavy atom. The first kappa shape index (κ1) is 13.2. The Hall–Kier alpha value is -1.26. The lowest BCUT2D eigenvalue weighted by Gasteiger charge is -2.37. The highest BCUT2D eigenvalue weighted by molar-refractivity contribution is 5.38. The largest absolute Gasteiger partial charge is 0.309 e. The average molecular weight is 241 g/mol. The summed E-state index contributed by atoms with van der Waals surface area (Å²) in [7, 11) is 0. The minimum Gasteiger partial charge on any atom is -0.309 e. The van der Waals surface area contributed by atoms with Crippen LogP contribution in [0.1, 0.15) is 57.2 Å². The van der Waals surface area contributed by atoms with Crippen molar-refractivity contribution in [3.63, 3.8) is 0 Å². The lowest BCUT2D eigenvalue weighted by atomic mass is 9.71. The minimum absolute atomic E-state index is 0.317. The van der Waals surface area contributed by atoms with Gasteiger partial charge in [0.25, 0.3) is 0 Å². The first-order valence-corrected chi connectivity index (χ1v) is 6.87. The van der Waals surface area contributed by atoms with Gasteiger partial charge in [-0.2, -0.15) is 0 Å². The van der Waals surface area contributed by atoms with Crippen LogP contribution in [-0.2, 0) is 5.41 Å². The molecule has 0 saturated heterocycles. The first-order chi connectivity index (χ1) is 8.65. The van der Waals surface area contributed by atoms with Crippen molar-refractivity contribution >= 4 is 0 Å². The molecule has 96 valence electrons. The van der Waals surface area contributed by atoms with E-state index in [-0.39, 0.29) is 0 Å². The van der Waals surface area contributed by atoms with Crippen LogP contribution in [-0.4, -0.2) is 6.54 Å². The Bertz CT molecular complexity index is 462. The fraction of sp³-hybridized carbons (Fsp3) is 0.529. The maximum Gasteiger partial charge on any atom is 0.0323 e. The summed E-state index contributed by atoms with van der Waals surface area (Å²) in [6.45, 7) is 7.59. The van der Waals surface area contributed by atoms with E-state index in [0.29, 0.717) is 11.5 Å². The molecule has 1 aliphatic carbocycles. The van der Waals surface area contributed by atoms with Crippen LogP contribution in [0.15, 0.2) is 24.3 Å². The van der Waals surface area contributed by atoms with Crippen LogP contribution in [0.2, 0.25) is 0 Å². The van der Waals surface area contributed by atoms with Gasteiger partial charge in [-0.05, 0) is 36.3 Å². The number of nitrogens with one attached hydrogen (secondary N) is 1. The highest BCUT2D eigenvalue weighted by Crippen LogP contribution is 2.41. The van der Waals surface area contributed by atoms with Gasteiger partial charge in [0.05, 0.1) is 0 Å². The van der Waals surface area contributed by atoms with E-state index in [1.165, 1.54) is 24.0 Å². The molecule has 0 spiro atoms. The Kier molecular flexibility index (Phi) is 4.09. The Morgan fingerprint density at radius 3 is 2.89 bits per heavy atom. The second-order valence-corrected chi connectivity index (χ2v) is 5.69. The van der Waals surface area contributed by atoms with Gasteiger partial charge in [0.15, 0.2) is 0 Å². The quantitative estimate of drug-likeness (QED) is 0.627. The molecule has 1 N–H and O–H groups in total. The summed E-state index contributed by atoms with van der Waals surface area (Å²) in [5, 5.41) is 3.65. The lowest BCUT2D eigenvalue weighted by molar-refractivity contribution is 0.360. The van der Waals surface area contributed by atoms with E-state index >= 15 is 0 Å². The van der Waals surface area contributed by atoms with Crippen LogP contribution in [0, 0.1) is 11.8 Å². The van der Waals surface area contributed by atoms with E-state index in [0.717, 1.165) is 13.0 Å². The van der Waals surface area contributed by atoms with Crippen LogP contribution < -0.4 is 5.32 Å². The predicted molar refractivity (Wildman–Crippen MR) is 77.5 cm³/mol. The van der Waals surface area contributed by atoms with Crippen molar-refractivity contribution in [2.75, 3.05) is 6.54 Å². The number of benzene rings is 1. The van der Waals surface area contributed by atoms with Crippen molar-refractivity contribution in [3.05, 3.63) is 35.4 Å². The molecular formula is C17H23N. The SMILES string of the molecule is CC#CCCNC1CCC(C)(C)c2ccccc21. The van der Waals surface area contributed by atoms with Crippen LogP contribution in [0.25, 0.3) is 0 Å². The Labute approximate surface area is 111 Å². The first-order valence-electron chi connectivity index (χ1n) is 6.87. The van der Waals surface area contributed by atoms with Crippen LogP contribution in [0.5, 0.6) is 0 Å². The van der Waals surface area contributed by atoms with Crippen LogP contribution >= 0.6 is 0 Å². The Morgan fingerprint density at radius 2 is 2.11 bits per heavy atom. The van der Waals surface area contributed by atoms with Crippen molar-refractivity contribution in [2.45, 2.75) is 51.5 Å². The number of hydrogen-bond donors (Lipinski definition) is 1. The molecule has 2 rings (SSSR count). The molecule has 1 nitrogen and oxygen atoms in total. The molecule has 0 radical (unpaired) electrons. The van der Waals surface area contributed by atoms with E-state index < -0.39 is 0 Å². The zero-order valence-electron chi connectivity index (χ0n) is 11.7. The van der Waals surface area contributed by atoms with Gasteiger partial charge in [-0.15, -0.1) is 11.8 Å². The predicted octanol–water partition coefficient (Wildman–Crippen LogP) is 3.80. The molecule has 1 aromatic carbocycles. The maximum absolute atomic E-state index is 3.65. The summed E-state index contributed by atoms with van der Waals surface area (Å²) in [6, 6.07) is 9.38. The van der Waals surface area contributed by atoms with Gasteiger partial charge in [0, 0.05) is 19.0 Å². The molecule has 0 saturated carbocycles. The zero-order chi connectivity index (χ0) is 13.0. The molecule has 0 aliphatic heterocycles. The van der Waals surface area contributed by atoms with E-state index in [1.54, 1.807) is 0 Å². The summed E-state index contributed by atoms with van der Waals surface area (Å²) in [5.74, 6) is 6.06.